The number of nitrogens with zero attached hydrogens (tertiary/aromatic N) is 1. The maximum atomic E-state index is 10.4. The molecule has 72 valence electrons. The topological polar surface area (TPSA) is 40.5 Å². The quantitative estimate of drug-likeness (QED) is 0.636. The van der Waals surface area contributed by atoms with Crippen molar-refractivity contribution in [2.24, 2.45) is 5.92 Å². The zero-order valence-corrected chi connectivity index (χ0v) is 8.73. The summed E-state index contributed by atoms with van der Waals surface area (Å²) in [7, 11) is 4.03. The lowest BCUT2D eigenvalue weighted by atomic mass is 10.2. The number of hydrogen-bond acceptors (Lipinski definition) is 3. The molecule has 4 heteroatoms. The zero-order chi connectivity index (χ0) is 9.56. The van der Waals surface area contributed by atoms with Crippen LogP contribution < -0.4 is 0 Å². The predicted octanol–water partition coefficient (Wildman–Crippen LogP) is 1.00. The molecule has 0 saturated heterocycles. The van der Waals surface area contributed by atoms with Gasteiger partial charge in [-0.2, -0.15) is 11.8 Å². The van der Waals surface area contributed by atoms with Gasteiger partial charge >= 0.3 is 5.97 Å². The van der Waals surface area contributed by atoms with E-state index in [9.17, 15) is 4.79 Å². The second-order valence-corrected chi connectivity index (χ2v) is 4.27. The molecule has 0 bridgehead atoms. The van der Waals surface area contributed by atoms with Crippen molar-refractivity contribution in [2.75, 3.05) is 32.1 Å². The van der Waals surface area contributed by atoms with Gasteiger partial charge in [0.2, 0.25) is 0 Å². The van der Waals surface area contributed by atoms with Crippen molar-refractivity contribution in [3.63, 3.8) is 0 Å². The molecule has 0 aromatic carbocycles. The Labute approximate surface area is 78.1 Å². The minimum atomic E-state index is -0.702. The monoisotopic (exact) mass is 191 g/mol. The van der Waals surface area contributed by atoms with Crippen LogP contribution in [0.1, 0.15) is 6.92 Å². The first-order chi connectivity index (χ1) is 5.54. The fourth-order valence-electron chi connectivity index (χ4n) is 0.579. The van der Waals surface area contributed by atoms with E-state index < -0.39 is 5.97 Å². The summed E-state index contributed by atoms with van der Waals surface area (Å²) < 4.78 is 0. The van der Waals surface area contributed by atoms with Gasteiger partial charge in [0, 0.05) is 18.1 Å². The first-order valence-electron chi connectivity index (χ1n) is 3.99. The van der Waals surface area contributed by atoms with Crippen LogP contribution in [0.25, 0.3) is 0 Å². The van der Waals surface area contributed by atoms with Gasteiger partial charge < -0.3 is 10.0 Å². The van der Waals surface area contributed by atoms with Crippen molar-refractivity contribution in [2.45, 2.75) is 6.92 Å². The third kappa shape index (κ3) is 6.49. The Bertz CT molecular complexity index is 139. The van der Waals surface area contributed by atoms with E-state index >= 15 is 0 Å². The van der Waals surface area contributed by atoms with Crippen molar-refractivity contribution in [3.8, 4) is 0 Å². The summed E-state index contributed by atoms with van der Waals surface area (Å²) in [6.45, 7) is 2.75. The van der Waals surface area contributed by atoms with Gasteiger partial charge in [0.25, 0.3) is 0 Å². The van der Waals surface area contributed by atoms with Gasteiger partial charge in [0.1, 0.15) is 0 Å². The fraction of sp³-hybridized carbons (Fsp3) is 0.875. The molecule has 3 nitrogen and oxygen atoms in total. The second kappa shape index (κ2) is 6.31. The van der Waals surface area contributed by atoms with Crippen molar-refractivity contribution < 1.29 is 9.90 Å². The average molecular weight is 191 g/mol. The lowest BCUT2D eigenvalue weighted by Gasteiger charge is -2.09. The van der Waals surface area contributed by atoms with E-state index in [1.165, 1.54) is 0 Å². The summed E-state index contributed by atoms with van der Waals surface area (Å²) in [6, 6.07) is 0. The van der Waals surface area contributed by atoms with Crippen LogP contribution in [0, 0.1) is 5.92 Å². The molecular weight excluding hydrogens is 174 g/mol. The largest absolute Gasteiger partial charge is 0.481 e. The van der Waals surface area contributed by atoms with Gasteiger partial charge in [-0.3, -0.25) is 4.79 Å². The first-order valence-corrected chi connectivity index (χ1v) is 5.14. The van der Waals surface area contributed by atoms with Crippen molar-refractivity contribution in [3.05, 3.63) is 0 Å². The molecule has 0 radical (unpaired) electrons. The lowest BCUT2D eigenvalue weighted by Crippen LogP contribution is -2.17. The Morgan fingerprint density at radius 2 is 2.17 bits per heavy atom. The summed E-state index contributed by atoms with van der Waals surface area (Å²) in [6.07, 6.45) is 0. The molecule has 1 unspecified atom stereocenters. The molecule has 0 aromatic rings. The molecule has 12 heavy (non-hydrogen) atoms. The first kappa shape index (κ1) is 11.8. The van der Waals surface area contributed by atoms with Crippen LogP contribution in [0.2, 0.25) is 0 Å². The number of thioether (sulfide) groups is 1. The van der Waals surface area contributed by atoms with Crippen LogP contribution in [0.3, 0.4) is 0 Å². The number of rotatable bonds is 6. The van der Waals surface area contributed by atoms with E-state index in [-0.39, 0.29) is 5.92 Å². The molecule has 0 rings (SSSR count). The number of carboxylic acid groups (broad SMARTS) is 1. The van der Waals surface area contributed by atoms with Gasteiger partial charge in [-0.05, 0) is 14.1 Å². The molecule has 0 fully saturated rings. The number of carboxylic acids is 1. The summed E-state index contributed by atoms with van der Waals surface area (Å²) in [5.41, 5.74) is 0. The summed E-state index contributed by atoms with van der Waals surface area (Å²) in [5, 5.41) is 8.57. The number of carbonyl (C=O) groups is 1. The molecule has 0 aromatic heterocycles. The predicted molar refractivity (Wildman–Crippen MR) is 52.7 cm³/mol. The molecule has 1 atom stereocenters. The van der Waals surface area contributed by atoms with E-state index in [1.54, 1.807) is 18.7 Å². The van der Waals surface area contributed by atoms with Crippen LogP contribution in [-0.2, 0) is 4.79 Å². The zero-order valence-electron chi connectivity index (χ0n) is 7.91. The van der Waals surface area contributed by atoms with E-state index in [2.05, 4.69) is 4.90 Å². The summed E-state index contributed by atoms with van der Waals surface area (Å²) >= 11 is 1.70. The third-order valence-corrected chi connectivity index (χ3v) is 2.68. The van der Waals surface area contributed by atoms with Gasteiger partial charge in [0.15, 0.2) is 0 Å². The standard InChI is InChI=1S/C8H17NO2S/c1-7(8(10)11)6-12-5-4-9(2)3/h7H,4-6H2,1-3H3,(H,10,11). The van der Waals surface area contributed by atoms with Gasteiger partial charge in [0.05, 0.1) is 5.92 Å². The summed E-state index contributed by atoms with van der Waals surface area (Å²) in [5.74, 6) is 0.790. The average Bonchev–Trinajstić information content (AvgIpc) is 1.97. The lowest BCUT2D eigenvalue weighted by molar-refractivity contribution is -0.140. The molecular formula is C8H17NO2S. The smallest absolute Gasteiger partial charge is 0.307 e. The molecule has 0 amide bonds. The second-order valence-electron chi connectivity index (χ2n) is 3.12. The maximum absolute atomic E-state index is 10.4. The molecule has 0 spiro atoms. The van der Waals surface area contributed by atoms with E-state index in [0.29, 0.717) is 5.75 Å². The summed E-state index contributed by atoms with van der Waals surface area (Å²) in [4.78, 5) is 12.5. The Hall–Kier alpha value is -0.220. The molecule has 0 aliphatic rings. The van der Waals surface area contributed by atoms with Crippen molar-refractivity contribution >= 4 is 17.7 Å². The van der Waals surface area contributed by atoms with Gasteiger partial charge in [-0.1, -0.05) is 6.92 Å². The minimum absolute atomic E-state index is 0.225. The highest BCUT2D eigenvalue weighted by Gasteiger charge is 2.09. The van der Waals surface area contributed by atoms with Crippen LogP contribution >= 0.6 is 11.8 Å². The highest BCUT2D eigenvalue weighted by atomic mass is 32.2. The normalized spacial score (nSPS) is 13.3. The number of hydrogen-bond donors (Lipinski definition) is 1. The molecule has 0 aliphatic carbocycles. The Kier molecular flexibility index (Phi) is 6.20. The van der Waals surface area contributed by atoms with E-state index in [1.807, 2.05) is 14.1 Å². The Morgan fingerprint density at radius 1 is 1.58 bits per heavy atom. The van der Waals surface area contributed by atoms with Crippen molar-refractivity contribution in [1.82, 2.24) is 4.90 Å². The highest BCUT2D eigenvalue weighted by molar-refractivity contribution is 7.99. The Balaban J connectivity index is 3.25. The van der Waals surface area contributed by atoms with Crippen LogP contribution in [0.15, 0.2) is 0 Å². The molecule has 1 N–H and O–H groups in total. The van der Waals surface area contributed by atoms with Gasteiger partial charge in [-0.15, -0.1) is 0 Å². The fourth-order valence-corrected chi connectivity index (χ4v) is 1.74. The van der Waals surface area contributed by atoms with Crippen molar-refractivity contribution in [1.29, 1.82) is 0 Å². The third-order valence-electron chi connectivity index (χ3n) is 1.47. The maximum Gasteiger partial charge on any atom is 0.307 e. The SMILES string of the molecule is CC(CSCCN(C)C)C(=O)O. The highest BCUT2D eigenvalue weighted by Crippen LogP contribution is 2.07. The van der Waals surface area contributed by atoms with Crippen LogP contribution in [-0.4, -0.2) is 48.1 Å². The minimum Gasteiger partial charge on any atom is -0.481 e. The van der Waals surface area contributed by atoms with Crippen LogP contribution in [0.4, 0.5) is 0 Å². The number of aliphatic carboxylic acids is 1. The van der Waals surface area contributed by atoms with E-state index in [0.717, 1.165) is 12.3 Å². The Morgan fingerprint density at radius 3 is 2.58 bits per heavy atom. The van der Waals surface area contributed by atoms with Gasteiger partial charge in [-0.25, -0.2) is 0 Å². The molecule has 0 saturated carbocycles. The van der Waals surface area contributed by atoms with E-state index in [4.69, 9.17) is 5.11 Å². The molecule has 0 aliphatic heterocycles. The molecule has 0 heterocycles. The van der Waals surface area contributed by atoms with Crippen LogP contribution in [0.5, 0.6) is 0 Å².